The quantitative estimate of drug-likeness (QED) is 0.549. The van der Waals surface area contributed by atoms with Gasteiger partial charge in [-0.2, -0.15) is 4.37 Å². The first-order valence-electron chi connectivity index (χ1n) is 7.72. The molecule has 7 heteroatoms. The minimum atomic E-state index is -0.0585. The van der Waals surface area contributed by atoms with Gasteiger partial charge in [0.2, 0.25) is 0 Å². The zero-order chi connectivity index (χ0) is 17.2. The summed E-state index contributed by atoms with van der Waals surface area (Å²) in [5.74, 6) is 0. The van der Waals surface area contributed by atoms with Crippen LogP contribution in [0.3, 0.4) is 0 Å². The Morgan fingerprint density at radius 1 is 1.08 bits per heavy atom. The molecule has 124 valence electrons. The first-order chi connectivity index (χ1) is 12.2. The standard InChI is InChI=1S/C18H13ClN4OS/c19-14-3-1-13(2-4-14)15-16-17(25-22-15)18(24)23(11-21-16)10-7-12-5-8-20-9-6-12/h1-6,8-9,11H,7,10H2. The van der Waals surface area contributed by atoms with Crippen molar-refractivity contribution in [2.45, 2.75) is 13.0 Å². The molecule has 1 aromatic carbocycles. The molecule has 0 radical (unpaired) electrons. The average Bonchev–Trinajstić information content (AvgIpc) is 3.08. The zero-order valence-electron chi connectivity index (χ0n) is 13.1. The van der Waals surface area contributed by atoms with Crippen molar-refractivity contribution in [3.8, 4) is 11.3 Å². The van der Waals surface area contributed by atoms with Gasteiger partial charge in [-0.25, -0.2) is 4.98 Å². The second-order valence-corrected chi connectivity index (χ2v) is 6.77. The maximum atomic E-state index is 12.7. The number of benzene rings is 1. The summed E-state index contributed by atoms with van der Waals surface area (Å²) in [5, 5.41) is 0.662. The number of fused-ring (bicyclic) bond motifs is 1. The smallest absolute Gasteiger partial charge is 0.272 e. The van der Waals surface area contributed by atoms with Crippen LogP contribution in [-0.2, 0) is 13.0 Å². The third-order valence-corrected chi connectivity index (χ3v) is 5.03. The number of hydrogen-bond donors (Lipinski definition) is 0. The van der Waals surface area contributed by atoms with Crippen molar-refractivity contribution < 1.29 is 0 Å². The van der Waals surface area contributed by atoms with E-state index in [1.54, 1.807) is 35.4 Å². The third kappa shape index (κ3) is 3.18. The molecule has 0 N–H and O–H groups in total. The lowest BCUT2D eigenvalue weighted by Crippen LogP contribution is -2.20. The Labute approximate surface area is 152 Å². The highest BCUT2D eigenvalue weighted by Gasteiger charge is 2.14. The van der Waals surface area contributed by atoms with Crippen molar-refractivity contribution in [3.63, 3.8) is 0 Å². The molecule has 0 spiro atoms. The predicted molar refractivity (Wildman–Crippen MR) is 100 cm³/mol. The lowest BCUT2D eigenvalue weighted by Gasteiger charge is -2.05. The van der Waals surface area contributed by atoms with Gasteiger partial charge >= 0.3 is 0 Å². The van der Waals surface area contributed by atoms with Crippen molar-refractivity contribution in [3.05, 3.63) is 76.1 Å². The Morgan fingerprint density at radius 2 is 1.84 bits per heavy atom. The summed E-state index contributed by atoms with van der Waals surface area (Å²) in [6, 6.07) is 11.3. The topological polar surface area (TPSA) is 60.7 Å². The van der Waals surface area contributed by atoms with Gasteiger partial charge < -0.3 is 0 Å². The van der Waals surface area contributed by atoms with Gasteiger partial charge in [0.15, 0.2) is 0 Å². The minimum Gasteiger partial charge on any atom is -0.298 e. The molecule has 0 saturated heterocycles. The fourth-order valence-corrected chi connectivity index (χ4v) is 3.54. The van der Waals surface area contributed by atoms with E-state index in [2.05, 4.69) is 14.3 Å². The summed E-state index contributed by atoms with van der Waals surface area (Å²) in [6.45, 7) is 0.569. The van der Waals surface area contributed by atoms with E-state index < -0.39 is 0 Å². The molecular formula is C18H13ClN4OS. The molecule has 4 rings (SSSR count). The van der Waals surface area contributed by atoms with Gasteiger partial charge in [0.1, 0.15) is 15.9 Å². The van der Waals surface area contributed by atoms with Gasteiger partial charge in [-0.15, -0.1) is 0 Å². The number of hydrogen-bond acceptors (Lipinski definition) is 5. The lowest BCUT2D eigenvalue weighted by molar-refractivity contribution is 0.663. The Bertz CT molecular complexity index is 1070. The molecule has 0 unspecified atom stereocenters. The van der Waals surface area contributed by atoms with Gasteiger partial charge in [-0.3, -0.25) is 14.3 Å². The maximum Gasteiger partial charge on any atom is 0.272 e. The van der Waals surface area contributed by atoms with Crippen molar-refractivity contribution in [2.75, 3.05) is 0 Å². The Balaban J connectivity index is 1.67. The van der Waals surface area contributed by atoms with Gasteiger partial charge in [0.25, 0.3) is 5.56 Å². The van der Waals surface area contributed by atoms with E-state index in [4.69, 9.17) is 11.6 Å². The fraction of sp³-hybridized carbons (Fsp3) is 0.111. The monoisotopic (exact) mass is 368 g/mol. The summed E-state index contributed by atoms with van der Waals surface area (Å²) in [6.07, 6.45) is 5.85. The first kappa shape index (κ1) is 15.9. The molecular weight excluding hydrogens is 356 g/mol. The predicted octanol–water partition coefficient (Wildman–Crippen LogP) is 3.81. The molecule has 3 heterocycles. The molecule has 0 aliphatic heterocycles. The zero-order valence-corrected chi connectivity index (χ0v) is 14.7. The van der Waals surface area contributed by atoms with E-state index in [-0.39, 0.29) is 5.56 Å². The lowest BCUT2D eigenvalue weighted by atomic mass is 10.1. The number of aryl methyl sites for hydroxylation is 2. The summed E-state index contributed by atoms with van der Waals surface area (Å²) < 4.78 is 6.63. The molecule has 0 amide bonds. The molecule has 3 aromatic heterocycles. The number of aromatic nitrogens is 4. The molecule has 25 heavy (non-hydrogen) atoms. The summed E-state index contributed by atoms with van der Waals surface area (Å²) in [7, 11) is 0. The first-order valence-corrected chi connectivity index (χ1v) is 8.87. The SMILES string of the molecule is O=c1c2snc(-c3ccc(Cl)cc3)c2ncn1CCc1ccncc1. The molecule has 0 aliphatic carbocycles. The van der Waals surface area contributed by atoms with Crippen LogP contribution in [0.4, 0.5) is 0 Å². The number of halogens is 1. The maximum absolute atomic E-state index is 12.7. The highest BCUT2D eigenvalue weighted by molar-refractivity contribution is 7.13. The molecule has 5 nitrogen and oxygen atoms in total. The van der Waals surface area contributed by atoms with Crippen LogP contribution >= 0.6 is 23.1 Å². The highest BCUT2D eigenvalue weighted by Crippen LogP contribution is 2.28. The molecule has 0 fully saturated rings. The van der Waals surface area contributed by atoms with Crippen LogP contribution in [0.1, 0.15) is 5.56 Å². The number of nitrogens with zero attached hydrogens (tertiary/aromatic N) is 4. The van der Waals surface area contributed by atoms with E-state index in [1.165, 1.54) is 11.5 Å². The molecule has 0 aliphatic rings. The van der Waals surface area contributed by atoms with Crippen LogP contribution in [-0.4, -0.2) is 18.9 Å². The van der Waals surface area contributed by atoms with Crippen LogP contribution in [0.15, 0.2) is 59.9 Å². The van der Waals surface area contributed by atoms with Gasteiger partial charge in [0, 0.05) is 29.5 Å². The van der Waals surface area contributed by atoms with E-state index in [0.717, 1.165) is 23.2 Å². The second kappa shape index (κ2) is 6.74. The Kier molecular flexibility index (Phi) is 4.29. The third-order valence-electron chi connectivity index (χ3n) is 3.96. The molecule has 4 aromatic rings. The van der Waals surface area contributed by atoms with Crippen LogP contribution in [0.25, 0.3) is 21.5 Å². The summed E-state index contributed by atoms with van der Waals surface area (Å²) in [5.41, 5.74) is 3.33. The van der Waals surface area contributed by atoms with Crippen LogP contribution in [0.2, 0.25) is 5.02 Å². The molecule has 0 saturated carbocycles. The van der Waals surface area contributed by atoms with Gasteiger partial charge in [0.05, 0.1) is 6.33 Å². The van der Waals surface area contributed by atoms with Crippen LogP contribution in [0.5, 0.6) is 0 Å². The average molecular weight is 369 g/mol. The fourth-order valence-electron chi connectivity index (χ4n) is 2.61. The van der Waals surface area contributed by atoms with Crippen LogP contribution in [0, 0.1) is 0 Å². The second-order valence-electron chi connectivity index (χ2n) is 5.56. The van der Waals surface area contributed by atoms with Gasteiger partial charge in [-0.05, 0) is 47.8 Å². The number of pyridine rings is 1. The Hall–Kier alpha value is -2.57. The van der Waals surface area contributed by atoms with Crippen LogP contribution < -0.4 is 5.56 Å². The van der Waals surface area contributed by atoms with E-state index in [1.807, 2.05) is 24.3 Å². The largest absolute Gasteiger partial charge is 0.298 e. The molecule has 0 atom stereocenters. The minimum absolute atomic E-state index is 0.0585. The van der Waals surface area contributed by atoms with Crippen molar-refractivity contribution >= 4 is 33.4 Å². The van der Waals surface area contributed by atoms with E-state index in [9.17, 15) is 4.79 Å². The van der Waals surface area contributed by atoms with Gasteiger partial charge in [-0.1, -0.05) is 23.7 Å². The van der Waals surface area contributed by atoms with Crippen molar-refractivity contribution in [1.29, 1.82) is 0 Å². The normalized spacial score (nSPS) is 11.1. The molecule has 0 bridgehead atoms. The Morgan fingerprint density at radius 3 is 2.60 bits per heavy atom. The van der Waals surface area contributed by atoms with Crippen molar-refractivity contribution in [2.24, 2.45) is 0 Å². The summed E-state index contributed by atoms with van der Waals surface area (Å²) in [4.78, 5) is 21.2. The van der Waals surface area contributed by atoms with Crippen molar-refractivity contribution in [1.82, 2.24) is 18.9 Å². The highest BCUT2D eigenvalue weighted by atomic mass is 35.5. The van der Waals surface area contributed by atoms with E-state index >= 15 is 0 Å². The summed E-state index contributed by atoms with van der Waals surface area (Å²) >= 11 is 7.12. The number of rotatable bonds is 4. The van der Waals surface area contributed by atoms with E-state index in [0.29, 0.717) is 21.8 Å².